The smallest absolute Gasteiger partial charge is 0.256 e. The Morgan fingerprint density at radius 1 is 1.00 bits per heavy atom. The number of amides is 1. The van der Waals surface area contributed by atoms with Crippen LogP contribution in [0.25, 0.3) is 17.2 Å². The lowest BCUT2D eigenvalue weighted by Crippen LogP contribution is -2.12. The minimum atomic E-state index is -0.148. The van der Waals surface area contributed by atoms with E-state index in [2.05, 4.69) is 5.32 Å². The molecule has 0 saturated heterocycles. The van der Waals surface area contributed by atoms with Crippen LogP contribution in [0.4, 0.5) is 5.69 Å². The fraction of sp³-hybridized carbons (Fsp3) is 0.0455. The lowest BCUT2D eigenvalue weighted by Gasteiger charge is -2.08. The van der Waals surface area contributed by atoms with E-state index in [0.717, 1.165) is 33.9 Å². The van der Waals surface area contributed by atoms with Crippen LogP contribution in [0.5, 0.6) is 5.75 Å². The summed E-state index contributed by atoms with van der Waals surface area (Å²) in [6, 6.07) is 18.9. The summed E-state index contributed by atoms with van der Waals surface area (Å²) in [5.41, 5.74) is 4.24. The van der Waals surface area contributed by atoms with E-state index in [0.29, 0.717) is 5.57 Å². The lowest BCUT2D eigenvalue weighted by molar-refractivity contribution is -0.111. The van der Waals surface area contributed by atoms with E-state index < -0.39 is 0 Å². The normalized spacial score (nSPS) is 14.0. The number of ether oxygens (including phenoxy) is 1. The molecule has 0 saturated carbocycles. The zero-order valence-corrected chi connectivity index (χ0v) is 14.2. The van der Waals surface area contributed by atoms with Crippen molar-refractivity contribution in [1.29, 1.82) is 0 Å². The van der Waals surface area contributed by atoms with E-state index in [-0.39, 0.29) is 5.91 Å². The van der Waals surface area contributed by atoms with Gasteiger partial charge in [-0.1, -0.05) is 24.3 Å². The number of benzene rings is 2. The van der Waals surface area contributed by atoms with Crippen LogP contribution in [0.2, 0.25) is 0 Å². The number of fused-ring (bicyclic) bond motifs is 1. The number of nitrogens with one attached hydrogen (secondary N) is 1. The minimum Gasteiger partial charge on any atom is -0.497 e. The van der Waals surface area contributed by atoms with Crippen molar-refractivity contribution >= 4 is 28.8 Å². The summed E-state index contributed by atoms with van der Waals surface area (Å²) in [5, 5.41) is 2.94. The number of methoxy groups -OCH3 is 1. The molecule has 4 heteroatoms. The van der Waals surface area contributed by atoms with Gasteiger partial charge >= 0.3 is 0 Å². The van der Waals surface area contributed by atoms with E-state index in [1.165, 1.54) is 0 Å². The highest BCUT2D eigenvalue weighted by atomic mass is 16.5. The van der Waals surface area contributed by atoms with Crippen molar-refractivity contribution in [3.05, 3.63) is 89.9 Å². The van der Waals surface area contributed by atoms with Crippen molar-refractivity contribution in [2.24, 2.45) is 0 Å². The van der Waals surface area contributed by atoms with Gasteiger partial charge in [-0.2, -0.15) is 0 Å². The predicted molar refractivity (Wildman–Crippen MR) is 103 cm³/mol. The zero-order chi connectivity index (χ0) is 17.9. The summed E-state index contributed by atoms with van der Waals surface area (Å²) in [6.07, 6.45) is 5.47. The monoisotopic (exact) mass is 343 g/mol. The Kier molecular flexibility index (Phi) is 4.15. The first kappa shape index (κ1) is 16.0. The summed E-state index contributed by atoms with van der Waals surface area (Å²) in [5.74, 6) is 1.35. The van der Waals surface area contributed by atoms with Crippen LogP contribution >= 0.6 is 0 Å². The molecular weight excluding hydrogens is 326 g/mol. The summed E-state index contributed by atoms with van der Waals surface area (Å²) < 4.78 is 10.5. The highest BCUT2D eigenvalue weighted by Crippen LogP contribution is 2.37. The maximum Gasteiger partial charge on any atom is 0.256 e. The van der Waals surface area contributed by atoms with Crippen molar-refractivity contribution in [2.45, 2.75) is 0 Å². The molecule has 0 radical (unpaired) electrons. The quantitative estimate of drug-likeness (QED) is 0.736. The first-order valence-electron chi connectivity index (χ1n) is 8.27. The first-order valence-corrected chi connectivity index (χ1v) is 8.27. The molecule has 1 aliphatic carbocycles. The van der Waals surface area contributed by atoms with Gasteiger partial charge in [0.2, 0.25) is 0 Å². The Bertz CT molecular complexity index is 996. The van der Waals surface area contributed by atoms with Crippen LogP contribution in [0.15, 0.2) is 77.4 Å². The molecule has 0 bridgehead atoms. The van der Waals surface area contributed by atoms with E-state index >= 15 is 0 Å². The first-order chi connectivity index (χ1) is 12.7. The van der Waals surface area contributed by atoms with Crippen LogP contribution in [-0.2, 0) is 4.79 Å². The molecule has 3 aromatic rings. The minimum absolute atomic E-state index is 0.148. The average Bonchev–Trinajstić information content (AvgIpc) is 3.31. The third-order valence-electron chi connectivity index (χ3n) is 4.26. The van der Waals surface area contributed by atoms with Gasteiger partial charge in [0.05, 0.1) is 13.4 Å². The average molecular weight is 343 g/mol. The van der Waals surface area contributed by atoms with Crippen molar-refractivity contribution in [1.82, 2.24) is 0 Å². The molecule has 1 aliphatic rings. The number of anilines is 1. The van der Waals surface area contributed by atoms with Gasteiger partial charge in [-0.25, -0.2) is 0 Å². The number of allylic oxidation sites excluding steroid dienone is 2. The maximum absolute atomic E-state index is 12.8. The maximum atomic E-state index is 12.8. The summed E-state index contributed by atoms with van der Waals surface area (Å²) in [4.78, 5) is 12.8. The van der Waals surface area contributed by atoms with Gasteiger partial charge in [-0.15, -0.1) is 0 Å². The SMILES string of the molecule is COc1ccc(NC(=O)C2=C/C(=C\c3ccco3)c3ccccc32)cc1. The molecular formula is C22H17NO3. The summed E-state index contributed by atoms with van der Waals surface area (Å²) in [6.45, 7) is 0. The fourth-order valence-electron chi connectivity index (χ4n) is 2.99. The number of hydrogen-bond acceptors (Lipinski definition) is 3. The molecule has 1 N–H and O–H groups in total. The van der Waals surface area contributed by atoms with Gasteiger partial charge in [0.1, 0.15) is 11.5 Å². The molecule has 0 aliphatic heterocycles. The fourth-order valence-corrected chi connectivity index (χ4v) is 2.99. The number of hydrogen-bond donors (Lipinski definition) is 1. The highest BCUT2D eigenvalue weighted by molar-refractivity contribution is 6.30. The predicted octanol–water partition coefficient (Wildman–Crippen LogP) is 4.86. The molecule has 0 fully saturated rings. The van der Waals surface area contributed by atoms with Crippen LogP contribution in [0.1, 0.15) is 16.9 Å². The number of carbonyl (C=O) groups is 1. The largest absolute Gasteiger partial charge is 0.497 e. The van der Waals surface area contributed by atoms with Crippen LogP contribution < -0.4 is 10.1 Å². The third kappa shape index (κ3) is 3.05. The van der Waals surface area contributed by atoms with Crippen LogP contribution in [0.3, 0.4) is 0 Å². The second-order valence-corrected chi connectivity index (χ2v) is 5.90. The van der Waals surface area contributed by atoms with Crippen molar-refractivity contribution in [3.63, 3.8) is 0 Å². The van der Waals surface area contributed by atoms with E-state index in [4.69, 9.17) is 9.15 Å². The Hall–Kier alpha value is -3.53. The Morgan fingerprint density at radius 3 is 2.46 bits per heavy atom. The molecule has 2 aromatic carbocycles. The van der Waals surface area contributed by atoms with Gasteiger partial charge in [-0.3, -0.25) is 4.79 Å². The zero-order valence-electron chi connectivity index (χ0n) is 14.2. The van der Waals surface area contributed by atoms with Crippen molar-refractivity contribution in [2.75, 3.05) is 12.4 Å². The summed E-state index contributed by atoms with van der Waals surface area (Å²) in [7, 11) is 1.61. The van der Waals surface area contributed by atoms with Gasteiger partial charge in [0.25, 0.3) is 5.91 Å². The number of furan rings is 1. The Labute approximate surface area is 151 Å². The molecule has 0 atom stereocenters. The molecule has 4 nitrogen and oxygen atoms in total. The molecule has 0 unspecified atom stereocenters. The molecule has 26 heavy (non-hydrogen) atoms. The number of rotatable bonds is 4. The molecule has 1 aromatic heterocycles. The Morgan fingerprint density at radius 2 is 1.77 bits per heavy atom. The van der Waals surface area contributed by atoms with Crippen molar-refractivity contribution in [3.8, 4) is 5.75 Å². The molecule has 4 rings (SSSR count). The van der Waals surface area contributed by atoms with Gasteiger partial charge in [0.15, 0.2) is 0 Å². The molecule has 1 amide bonds. The number of carbonyl (C=O) groups excluding carboxylic acids is 1. The van der Waals surface area contributed by atoms with E-state index in [9.17, 15) is 4.79 Å². The van der Waals surface area contributed by atoms with Gasteiger partial charge in [0, 0.05) is 11.3 Å². The van der Waals surface area contributed by atoms with Gasteiger partial charge < -0.3 is 14.5 Å². The topological polar surface area (TPSA) is 51.5 Å². The van der Waals surface area contributed by atoms with Gasteiger partial charge in [-0.05, 0) is 65.3 Å². The highest BCUT2D eigenvalue weighted by Gasteiger charge is 2.23. The summed E-state index contributed by atoms with van der Waals surface area (Å²) >= 11 is 0. The second kappa shape index (κ2) is 6.76. The van der Waals surface area contributed by atoms with Crippen molar-refractivity contribution < 1.29 is 13.9 Å². The molecule has 0 spiro atoms. The standard InChI is InChI=1S/C22H17NO3/c1-25-17-10-8-16(9-11-17)23-22(24)21-14-15(13-18-5-4-12-26-18)19-6-2-3-7-20(19)21/h2-14H,1H3,(H,23,24)/b15-13+. The van der Waals surface area contributed by atoms with E-state index in [1.54, 1.807) is 13.4 Å². The van der Waals surface area contributed by atoms with Crippen LogP contribution in [-0.4, -0.2) is 13.0 Å². The second-order valence-electron chi connectivity index (χ2n) is 5.90. The molecule has 128 valence electrons. The van der Waals surface area contributed by atoms with Crippen LogP contribution in [0, 0.1) is 0 Å². The molecule has 1 heterocycles. The van der Waals surface area contributed by atoms with E-state index in [1.807, 2.05) is 72.8 Å². The lowest BCUT2D eigenvalue weighted by atomic mass is 10.0. The Balaban J connectivity index is 1.65. The third-order valence-corrected chi connectivity index (χ3v) is 4.26.